The lowest BCUT2D eigenvalue weighted by atomic mass is 10.3. The molecule has 3 nitrogen and oxygen atoms in total. The number of hydrogen-bond acceptors (Lipinski definition) is 5. The van der Waals surface area contributed by atoms with Crippen LogP contribution in [0.15, 0.2) is 0 Å². The average Bonchev–Trinajstić information content (AvgIpc) is 2.32. The normalized spacial score (nSPS) is 32.3. The zero-order chi connectivity index (χ0) is 8.43. The molecule has 2 unspecified atom stereocenters. The molecule has 5 heteroatoms. The second-order valence-electron chi connectivity index (χ2n) is 2.36. The van der Waals surface area contributed by atoms with Gasteiger partial charge >= 0.3 is 5.97 Å². The fraction of sp³-hybridized carbons (Fsp3) is 0.833. The number of hydrogen-bond donors (Lipinski definition) is 1. The lowest BCUT2D eigenvalue weighted by Crippen LogP contribution is -2.37. The number of nitrogens with zero attached hydrogens (tertiary/aromatic N) is 1. The second-order valence-corrected chi connectivity index (χ2v) is 4.32. The van der Waals surface area contributed by atoms with Gasteiger partial charge in [-0.2, -0.15) is 0 Å². The maximum atomic E-state index is 11.1. The van der Waals surface area contributed by atoms with Crippen LogP contribution in [0.2, 0.25) is 0 Å². The van der Waals surface area contributed by atoms with Crippen LogP contribution in [-0.2, 0) is 9.53 Å². The molecule has 0 aliphatic carbocycles. The Hall–Kier alpha value is 0.130. The van der Waals surface area contributed by atoms with Gasteiger partial charge in [0.1, 0.15) is 10.7 Å². The van der Waals surface area contributed by atoms with E-state index in [0.29, 0.717) is 0 Å². The Morgan fingerprint density at radius 2 is 2.45 bits per heavy atom. The van der Waals surface area contributed by atoms with Gasteiger partial charge in [0, 0.05) is 5.75 Å². The summed E-state index contributed by atoms with van der Waals surface area (Å²) in [5.74, 6) is 0.605. The standard InChI is InChI=1S/C6H11NO2S2/c1-7-4(5(8)9-2)3-11-6(7)10/h4,6,10H,3H2,1-2H3. The van der Waals surface area contributed by atoms with Crippen LogP contribution in [-0.4, -0.2) is 41.5 Å². The summed E-state index contributed by atoms with van der Waals surface area (Å²) in [6.07, 6.45) is 0. The molecule has 0 spiro atoms. The predicted octanol–water partition coefficient (Wildman–Crippen LogP) is 0.420. The third-order valence-electron chi connectivity index (χ3n) is 1.72. The van der Waals surface area contributed by atoms with Gasteiger partial charge in [0.15, 0.2) is 0 Å². The highest BCUT2D eigenvalue weighted by molar-refractivity contribution is 8.10. The van der Waals surface area contributed by atoms with E-state index in [9.17, 15) is 4.79 Å². The lowest BCUT2D eigenvalue weighted by molar-refractivity contribution is -0.145. The van der Waals surface area contributed by atoms with Crippen LogP contribution in [0.3, 0.4) is 0 Å². The van der Waals surface area contributed by atoms with Crippen molar-refractivity contribution in [3.8, 4) is 0 Å². The van der Waals surface area contributed by atoms with Crippen molar-refractivity contribution < 1.29 is 9.53 Å². The number of carbonyl (C=O) groups excluding carboxylic acids is 1. The Morgan fingerprint density at radius 1 is 1.82 bits per heavy atom. The summed E-state index contributed by atoms with van der Waals surface area (Å²) in [5.41, 5.74) is 0. The summed E-state index contributed by atoms with van der Waals surface area (Å²) in [6.45, 7) is 0. The van der Waals surface area contributed by atoms with Gasteiger partial charge in [0.05, 0.1) is 7.11 Å². The molecule has 64 valence electrons. The molecule has 2 atom stereocenters. The van der Waals surface area contributed by atoms with E-state index in [2.05, 4.69) is 17.4 Å². The van der Waals surface area contributed by atoms with Gasteiger partial charge in [-0.3, -0.25) is 9.69 Å². The number of rotatable bonds is 1. The minimum Gasteiger partial charge on any atom is -0.468 e. The lowest BCUT2D eigenvalue weighted by Gasteiger charge is -2.18. The van der Waals surface area contributed by atoms with E-state index in [1.54, 1.807) is 11.8 Å². The van der Waals surface area contributed by atoms with Gasteiger partial charge < -0.3 is 4.74 Å². The SMILES string of the molecule is COC(=O)C1CSC(S)N1C. The fourth-order valence-electron chi connectivity index (χ4n) is 0.937. The highest BCUT2D eigenvalue weighted by Crippen LogP contribution is 2.29. The minimum atomic E-state index is -0.170. The average molecular weight is 193 g/mol. The van der Waals surface area contributed by atoms with Crippen LogP contribution >= 0.6 is 24.4 Å². The number of esters is 1. The van der Waals surface area contributed by atoms with E-state index in [4.69, 9.17) is 0 Å². The zero-order valence-electron chi connectivity index (χ0n) is 6.48. The second kappa shape index (κ2) is 3.69. The highest BCUT2D eigenvalue weighted by atomic mass is 32.2. The third-order valence-corrected chi connectivity index (χ3v) is 3.67. The molecule has 0 amide bonds. The van der Waals surface area contributed by atoms with Crippen LogP contribution in [0.4, 0.5) is 0 Å². The van der Waals surface area contributed by atoms with Crippen LogP contribution in [0, 0.1) is 0 Å². The third kappa shape index (κ3) is 1.83. The summed E-state index contributed by atoms with van der Waals surface area (Å²) in [6, 6.07) is -0.118. The number of ether oxygens (including phenoxy) is 1. The van der Waals surface area contributed by atoms with E-state index in [1.165, 1.54) is 7.11 Å². The van der Waals surface area contributed by atoms with E-state index in [1.807, 2.05) is 11.9 Å². The smallest absolute Gasteiger partial charge is 0.323 e. The first-order chi connectivity index (χ1) is 5.16. The van der Waals surface area contributed by atoms with Crippen molar-refractivity contribution in [2.75, 3.05) is 19.9 Å². The van der Waals surface area contributed by atoms with Gasteiger partial charge in [0.2, 0.25) is 0 Å². The maximum absolute atomic E-state index is 11.1. The molecule has 0 saturated carbocycles. The van der Waals surface area contributed by atoms with Crippen molar-refractivity contribution in [1.82, 2.24) is 4.90 Å². The van der Waals surface area contributed by atoms with Crippen molar-refractivity contribution >= 4 is 30.4 Å². The Morgan fingerprint density at radius 3 is 2.82 bits per heavy atom. The van der Waals surface area contributed by atoms with E-state index < -0.39 is 0 Å². The summed E-state index contributed by atoms with van der Waals surface area (Å²) in [5, 5.41) is 0. The van der Waals surface area contributed by atoms with Crippen LogP contribution in [0.25, 0.3) is 0 Å². The molecule has 11 heavy (non-hydrogen) atoms. The van der Waals surface area contributed by atoms with Crippen molar-refractivity contribution in [2.45, 2.75) is 10.7 Å². The molecule has 1 saturated heterocycles. The summed E-state index contributed by atoms with van der Waals surface area (Å²) >= 11 is 5.91. The molecular weight excluding hydrogens is 182 g/mol. The molecule has 0 N–H and O–H groups in total. The summed E-state index contributed by atoms with van der Waals surface area (Å²) in [4.78, 5) is 13.0. The number of thiol groups is 1. The quantitative estimate of drug-likeness (QED) is 0.483. The van der Waals surface area contributed by atoms with Gasteiger partial charge in [-0.25, -0.2) is 0 Å². The molecule has 1 rings (SSSR count). The van der Waals surface area contributed by atoms with Crippen molar-refractivity contribution in [2.24, 2.45) is 0 Å². The molecule has 0 aromatic heterocycles. The van der Waals surface area contributed by atoms with Gasteiger partial charge in [-0.1, -0.05) is 0 Å². The number of carbonyl (C=O) groups is 1. The monoisotopic (exact) mass is 193 g/mol. The molecule has 0 bridgehead atoms. The number of methoxy groups -OCH3 is 1. The number of likely N-dealkylation sites (N-methyl/N-ethyl adjacent to an activating group) is 1. The Balaban J connectivity index is 2.54. The highest BCUT2D eigenvalue weighted by Gasteiger charge is 2.34. The first-order valence-electron chi connectivity index (χ1n) is 3.26. The molecule has 0 radical (unpaired) electrons. The van der Waals surface area contributed by atoms with E-state index >= 15 is 0 Å². The molecule has 0 aromatic rings. The van der Waals surface area contributed by atoms with E-state index in [-0.39, 0.29) is 16.7 Å². The summed E-state index contributed by atoms with van der Waals surface area (Å²) in [7, 11) is 3.28. The van der Waals surface area contributed by atoms with Crippen LogP contribution in [0.5, 0.6) is 0 Å². The first-order valence-corrected chi connectivity index (χ1v) is 4.82. The molecule has 1 aliphatic rings. The van der Waals surface area contributed by atoms with E-state index in [0.717, 1.165) is 5.75 Å². The molecular formula is C6H11NO2S2. The maximum Gasteiger partial charge on any atom is 0.323 e. The number of thioether (sulfide) groups is 1. The minimum absolute atomic E-state index is 0.118. The van der Waals surface area contributed by atoms with Crippen LogP contribution in [0.1, 0.15) is 0 Å². The fourth-order valence-corrected chi connectivity index (χ4v) is 2.46. The van der Waals surface area contributed by atoms with Crippen molar-refractivity contribution in [3.63, 3.8) is 0 Å². The molecule has 0 aromatic carbocycles. The van der Waals surface area contributed by atoms with Gasteiger partial charge in [0.25, 0.3) is 0 Å². The molecule has 1 aliphatic heterocycles. The Labute approximate surface area is 75.9 Å². The van der Waals surface area contributed by atoms with Gasteiger partial charge in [-0.15, -0.1) is 24.4 Å². The predicted molar refractivity (Wildman–Crippen MR) is 48.8 cm³/mol. The molecule has 1 heterocycles. The first kappa shape index (κ1) is 9.22. The summed E-state index contributed by atoms with van der Waals surface area (Å²) < 4.78 is 4.75. The Bertz CT molecular complexity index is 165. The van der Waals surface area contributed by atoms with Crippen molar-refractivity contribution in [1.29, 1.82) is 0 Å². The van der Waals surface area contributed by atoms with Crippen molar-refractivity contribution in [3.05, 3.63) is 0 Å². The molecule has 1 fully saturated rings. The van der Waals surface area contributed by atoms with Crippen LogP contribution < -0.4 is 0 Å². The topological polar surface area (TPSA) is 29.5 Å². The zero-order valence-corrected chi connectivity index (χ0v) is 8.19. The van der Waals surface area contributed by atoms with Gasteiger partial charge in [-0.05, 0) is 7.05 Å². The largest absolute Gasteiger partial charge is 0.468 e. The Kier molecular flexibility index (Phi) is 3.09.